The normalized spacial score (nSPS) is 10.4. The molecule has 0 radical (unpaired) electrons. The van der Waals surface area contributed by atoms with Crippen LogP contribution in [-0.2, 0) is 13.6 Å². The summed E-state index contributed by atoms with van der Waals surface area (Å²) in [5.41, 5.74) is 0.830. The molecule has 4 nitrogen and oxygen atoms in total. The molecule has 1 heterocycles. The standard InChI is InChI=1S/C10H10BrFN4/c1-16-6-14-15-10(16)5-13-7-2-3-9(12)8(11)4-7/h2-4,6,13H,5H2,1H3. The van der Waals surface area contributed by atoms with Gasteiger partial charge in [0, 0.05) is 12.7 Å². The summed E-state index contributed by atoms with van der Waals surface area (Å²) in [7, 11) is 1.87. The van der Waals surface area contributed by atoms with Crippen molar-refractivity contribution in [2.75, 3.05) is 5.32 Å². The molecule has 0 spiro atoms. The Bertz CT molecular complexity index is 497. The third-order valence-corrected chi connectivity index (χ3v) is 2.78. The van der Waals surface area contributed by atoms with Crippen molar-refractivity contribution in [3.8, 4) is 0 Å². The van der Waals surface area contributed by atoms with Crippen molar-refractivity contribution >= 4 is 21.6 Å². The number of anilines is 1. The van der Waals surface area contributed by atoms with E-state index in [9.17, 15) is 4.39 Å². The Hall–Kier alpha value is -1.43. The molecule has 1 N–H and O–H groups in total. The van der Waals surface area contributed by atoms with Crippen molar-refractivity contribution in [3.63, 3.8) is 0 Å². The Morgan fingerprint density at radius 3 is 2.94 bits per heavy atom. The lowest BCUT2D eigenvalue weighted by Gasteiger charge is -2.06. The molecule has 0 saturated carbocycles. The first-order chi connectivity index (χ1) is 7.66. The molecule has 0 saturated heterocycles. The highest BCUT2D eigenvalue weighted by molar-refractivity contribution is 9.10. The average Bonchev–Trinajstić information content (AvgIpc) is 2.66. The van der Waals surface area contributed by atoms with Crippen LogP contribution in [-0.4, -0.2) is 14.8 Å². The van der Waals surface area contributed by atoms with E-state index >= 15 is 0 Å². The van der Waals surface area contributed by atoms with Crippen molar-refractivity contribution in [3.05, 3.63) is 40.6 Å². The summed E-state index contributed by atoms with van der Waals surface area (Å²) in [5, 5.41) is 10.8. The van der Waals surface area contributed by atoms with Gasteiger partial charge >= 0.3 is 0 Å². The fourth-order valence-electron chi connectivity index (χ4n) is 1.25. The van der Waals surface area contributed by atoms with Crippen molar-refractivity contribution in [1.82, 2.24) is 14.8 Å². The molecular formula is C10H10BrFN4. The lowest BCUT2D eigenvalue weighted by atomic mass is 10.3. The van der Waals surface area contributed by atoms with Gasteiger partial charge in [-0.1, -0.05) is 0 Å². The molecule has 16 heavy (non-hydrogen) atoms. The summed E-state index contributed by atoms with van der Waals surface area (Å²) >= 11 is 3.13. The Balaban J connectivity index is 2.05. The molecule has 0 aliphatic rings. The molecular weight excluding hydrogens is 275 g/mol. The second-order valence-electron chi connectivity index (χ2n) is 3.34. The third-order valence-electron chi connectivity index (χ3n) is 2.18. The quantitative estimate of drug-likeness (QED) is 0.941. The molecule has 0 aliphatic heterocycles. The highest BCUT2D eigenvalue weighted by Crippen LogP contribution is 2.20. The fourth-order valence-corrected chi connectivity index (χ4v) is 1.63. The number of halogens is 2. The lowest BCUT2D eigenvalue weighted by molar-refractivity contribution is 0.621. The van der Waals surface area contributed by atoms with E-state index in [0.29, 0.717) is 11.0 Å². The largest absolute Gasteiger partial charge is 0.378 e. The van der Waals surface area contributed by atoms with Gasteiger partial charge in [0.2, 0.25) is 0 Å². The minimum atomic E-state index is -0.274. The van der Waals surface area contributed by atoms with Gasteiger partial charge in [-0.25, -0.2) is 4.39 Å². The Labute approximate surface area is 101 Å². The average molecular weight is 285 g/mol. The lowest BCUT2D eigenvalue weighted by Crippen LogP contribution is -2.05. The molecule has 1 aromatic heterocycles. The number of hydrogen-bond donors (Lipinski definition) is 1. The van der Waals surface area contributed by atoms with Crippen LogP contribution in [0.3, 0.4) is 0 Å². The number of aryl methyl sites for hydroxylation is 1. The number of rotatable bonds is 3. The van der Waals surface area contributed by atoms with Crippen LogP contribution in [0.4, 0.5) is 10.1 Å². The van der Waals surface area contributed by atoms with Crippen molar-refractivity contribution < 1.29 is 4.39 Å². The number of nitrogens with one attached hydrogen (secondary N) is 1. The zero-order valence-corrected chi connectivity index (χ0v) is 10.2. The van der Waals surface area contributed by atoms with E-state index in [-0.39, 0.29) is 5.82 Å². The zero-order chi connectivity index (χ0) is 11.5. The first-order valence-electron chi connectivity index (χ1n) is 4.68. The topological polar surface area (TPSA) is 42.7 Å². The summed E-state index contributed by atoms with van der Waals surface area (Å²) in [5.74, 6) is 0.546. The minimum Gasteiger partial charge on any atom is -0.378 e. The molecule has 6 heteroatoms. The zero-order valence-electron chi connectivity index (χ0n) is 8.61. The van der Waals surface area contributed by atoms with Crippen LogP contribution in [0.2, 0.25) is 0 Å². The second-order valence-corrected chi connectivity index (χ2v) is 4.19. The number of hydrogen-bond acceptors (Lipinski definition) is 3. The van der Waals surface area contributed by atoms with E-state index in [4.69, 9.17) is 0 Å². The van der Waals surface area contributed by atoms with E-state index in [1.54, 1.807) is 18.5 Å². The first kappa shape index (κ1) is 11.1. The van der Waals surface area contributed by atoms with E-state index in [2.05, 4.69) is 31.4 Å². The molecule has 0 atom stereocenters. The van der Waals surface area contributed by atoms with E-state index < -0.39 is 0 Å². The highest BCUT2D eigenvalue weighted by atomic mass is 79.9. The monoisotopic (exact) mass is 284 g/mol. The van der Waals surface area contributed by atoms with Gasteiger partial charge in [-0.05, 0) is 34.1 Å². The molecule has 84 valence electrons. The summed E-state index contributed by atoms with van der Waals surface area (Å²) in [4.78, 5) is 0. The van der Waals surface area contributed by atoms with Gasteiger partial charge in [0.05, 0.1) is 11.0 Å². The van der Waals surface area contributed by atoms with Crippen LogP contribution in [0.1, 0.15) is 5.82 Å². The van der Waals surface area contributed by atoms with Gasteiger partial charge in [-0.2, -0.15) is 0 Å². The van der Waals surface area contributed by atoms with E-state index in [1.165, 1.54) is 6.07 Å². The predicted octanol–water partition coefficient (Wildman–Crippen LogP) is 2.33. The van der Waals surface area contributed by atoms with E-state index in [1.807, 2.05) is 11.6 Å². The summed E-state index contributed by atoms with van der Waals surface area (Å²) in [6.07, 6.45) is 1.64. The Morgan fingerprint density at radius 1 is 1.50 bits per heavy atom. The number of aromatic nitrogens is 3. The molecule has 0 unspecified atom stereocenters. The highest BCUT2D eigenvalue weighted by Gasteiger charge is 2.02. The van der Waals surface area contributed by atoms with Crippen LogP contribution < -0.4 is 5.32 Å². The molecule has 2 rings (SSSR count). The second kappa shape index (κ2) is 4.61. The maximum atomic E-state index is 13.0. The van der Waals surface area contributed by atoms with Crippen LogP contribution in [0.5, 0.6) is 0 Å². The number of nitrogens with zero attached hydrogens (tertiary/aromatic N) is 3. The van der Waals surface area contributed by atoms with Crippen molar-refractivity contribution in [1.29, 1.82) is 0 Å². The van der Waals surface area contributed by atoms with Crippen LogP contribution >= 0.6 is 15.9 Å². The Kier molecular flexibility index (Phi) is 3.19. The smallest absolute Gasteiger partial charge is 0.151 e. The first-order valence-corrected chi connectivity index (χ1v) is 5.48. The number of benzene rings is 1. The predicted molar refractivity (Wildman–Crippen MR) is 62.4 cm³/mol. The summed E-state index contributed by atoms with van der Waals surface area (Å²) in [6.45, 7) is 0.550. The molecule has 0 fully saturated rings. The van der Waals surface area contributed by atoms with Crippen LogP contribution in [0.15, 0.2) is 29.0 Å². The van der Waals surface area contributed by atoms with Crippen molar-refractivity contribution in [2.45, 2.75) is 6.54 Å². The minimum absolute atomic E-state index is 0.274. The Morgan fingerprint density at radius 2 is 2.31 bits per heavy atom. The summed E-state index contributed by atoms with van der Waals surface area (Å²) < 4.78 is 15.2. The van der Waals surface area contributed by atoms with Gasteiger partial charge < -0.3 is 9.88 Å². The van der Waals surface area contributed by atoms with Crippen LogP contribution in [0.25, 0.3) is 0 Å². The van der Waals surface area contributed by atoms with Crippen LogP contribution in [0, 0.1) is 5.82 Å². The van der Waals surface area contributed by atoms with Gasteiger partial charge in [-0.3, -0.25) is 0 Å². The van der Waals surface area contributed by atoms with Crippen molar-refractivity contribution in [2.24, 2.45) is 7.05 Å². The molecule has 0 amide bonds. The van der Waals surface area contributed by atoms with E-state index in [0.717, 1.165) is 11.5 Å². The van der Waals surface area contributed by atoms with Gasteiger partial charge in [0.25, 0.3) is 0 Å². The SMILES string of the molecule is Cn1cnnc1CNc1ccc(F)c(Br)c1. The van der Waals surface area contributed by atoms with Gasteiger partial charge in [-0.15, -0.1) is 10.2 Å². The third kappa shape index (κ3) is 2.38. The fraction of sp³-hybridized carbons (Fsp3) is 0.200. The maximum absolute atomic E-state index is 13.0. The van der Waals surface area contributed by atoms with Gasteiger partial charge in [0.15, 0.2) is 5.82 Å². The molecule has 0 aliphatic carbocycles. The summed E-state index contributed by atoms with van der Waals surface area (Å²) in [6, 6.07) is 4.77. The van der Waals surface area contributed by atoms with Gasteiger partial charge in [0.1, 0.15) is 12.1 Å². The molecule has 1 aromatic carbocycles. The molecule has 2 aromatic rings. The maximum Gasteiger partial charge on any atom is 0.151 e. The molecule has 0 bridgehead atoms.